The first kappa shape index (κ1) is 18.7. The number of allylic oxidation sites excluding steroid dienone is 1. The van der Waals surface area contributed by atoms with Gasteiger partial charge in [-0.05, 0) is 26.7 Å². The number of aliphatic hydroxyl groups is 2. The predicted octanol–water partition coefficient (Wildman–Crippen LogP) is 1.37. The van der Waals surface area contributed by atoms with Gasteiger partial charge in [-0.1, -0.05) is 19.9 Å². The van der Waals surface area contributed by atoms with Gasteiger partial charge in [0.1, 0.15) is 11.7 Å². The zero-order chi connectivity index (χ0) is 19.9. The van der Waals surface area contributed by atoms with E-state index in [9.17, 15) is 19.8 Å². The average molecular weight is 378 g/mol. The molecule has 148 valence electrons. The van der Waals surface area contributed by atoms with E-state index < -0.39 is 40.9 Å². The highest BCUT2D eigenvalue weighted by Gasteiger charge is 2.81. The molecule has 0 amide bonds. The lowest BCUT2D eigenvalue weighted by Gasteiger charge is -2.55. The molecule has 0 bridgehead atoms. The first-order valence-corrected chi connectivity index (χ1v) is 9.38. The van der Waals surface area contributed by atoms with Crippen molar-refractivity contribution < 1.29 is 34.0 Å². The first-order chi connectivity index (χ1) is 12.5. The van der Waals surface area contributed by atoms with E-state index in [1.807, 2.05) is 13.8 Å². The van der Waals surface area contributed by atoms with Crippen molar-refractivity contribution in [1.82, 2.24) is 0 Å². The maximum atomic E-state index is 12.6. The van der Waals surface area contributed by atoms with Crippen molar-refractivity contribution in [2.24, 2.45) is 11.3 Å². The van der Waals surface area contributed by atoms with Crippen LogP contribution in [-0.2, 0) is 23.8 Å². The number of carbonyl (C=O) groups is 2. The molecule has 27 heavy (non-hydrogen) atoms. The van der Waals surface area contributed by atoms with Crippen LogP contribution in [0.25, 0.3) is 0 Å². The lowest BCUT2D eigenvalue weighted by Crippen LogP contribution is -2.66. The van der Waals surface area contributed by atoms with Crippen molar-refractivity contribution in [3.63, 3.8) is 0 Å². The highest BCUT2D eigenvalue weighted by Crippen LogP contribution is 2.70. The van der Waals surface area contributed by atoms with Crippen molar-refractivity contribution in [2.75, 3.05) is 0 Å². The summed E-state index contributed by atoms with van der Waals surface area (Å²) < 4.78 is 17.2. The van der Waals surface area contributed by atoms with Gasteiger partial charge in [0.15, 0.2) is 0 Å². The molecule has 0 aromatic heterocycles. The number of aliphatic hydroxyl groups excluding tert-OH is 1. The van der Waals surface area contributed by atoms with Crippen LogP contribution in [0.15, 0.2) is 22.8 Å². The van der Waals surface area contributed by atoms with Crippen LogP contribution in [0.1, 0.15) is 47.5 Å². The molecule has 0 radical (unpaired) electrons. The minimum Gasteiger partial charge on any atom is -0.453 e. The summed E-state index contributed by atoms with van der Waals surface area (Å²) in [6, 6.07) is 0. The molecule has 0 aromatic rings. The smallest absolute Gasteiger partial charge is 0.336 e. The van der Waals surface area contributed by atoms with Crippen LogP contribution in [0.2, 0.25) is 0 Å². The Morgan fingerprint density at radius 2 is 2.07 bits per heavy atom. The van der Waals surface area contributed by atoms with Gasteiger partial charge in [0.2, 0.25) is 5.79 Å². The molecule has 2 aliphatic carbocycles. The maximum Gasteiger partial charge on any atom is 0.336 e. The van der Waals surface area contributed by atoms with E-state index >= 15 is 0 Å². The third kappa shape index (κ3) is 2.13. The zero-order valence-corrected chi connectivity index (χ0v) is 16.2. The van der Waals surface area contributed by atoms with Gasteiger partial charge in [-0.2, -0.15) is 0 Å². The van der Waals surface area contributed by atoms with E-state index in [2.05, 4.69) is 0 Å². The lowest BCUT2D eigenvalue weighted by molar-refractivity contribution is -0.230. The van der Waals surface area contributed by atoms with Gasteiger partial charge in [-0.25, -0.2) is 9.59 Å². The highest BCUT2D eigenvalue weighted by molar-refractivity contribution is 5.93. The SMILES string of the molecule is C/C=C(/C)C(=O)O[C@@H]1C2=C(C)C(=O)O[C@]2(O)C[C@@]23O[C@@H]2C[C@H](O)[C@H](C)[C@@]13C. The Labute approximate surface area is 158 Å². The second-order valence-corrected chi connectivity index (χ2v) is 8.52. The van der Waals surface area contributed by atoms with Crippen molar-refractivity contribution >= 4 is 11.9 Å². The Balaban J connectivity index is 1.88. The highest BCUT2D eigenvalue weighted by atomic mass is 16.7. The molecular weight excluding hydrogens is 352 g/mol. The Morgan fingerprint density at radius 3 is 2.70 bits per heavy atom. The van der Waals surface area contributed by atoms with Gasteiger partial charge in [-0.3, -0.25) is 0 Å². The van der Waals surface area contributed by atoms with Crippen molar-refractivity contribution in [3.8, 4) is 0 Å². The summed E-state index contributed by atoms with van der Waals surface area (Å²) in [6.45, 7) is 8.74. The summed E-state index contributed by atoms with van der Waals surface area (Å²) >= 11 is 0. The average Bonchev–Trinajstić information content (AvgIpc) is 3.23. The number of hydrogen-bond donors (Lipinski definition) is 2. The fraction of sp³-hybridized carbons (Fsp3) is 0.700. The number of hydrogen-bond acceptors (Lipinski definition) is 7. The minimum atomic E-state index is -1.85. The Morgan fingerprint density at radius 1 is 1.41 bits per heavy atom. The molecule has 2 saturated carbocycles. The molecule has 7 atom stereocenters. The summed E-state index contributed by atoms with van der Waals surface area (Å²) in [4.78, 5) is 24.9. The molecule has 3 fully saturated rings. The lowest BCUT2D eigenvalue weighted by atomic mass is 9.51. The van der Waals surface area contributed by atoms with Gasteiger partial charge >= 0.3 is 11.9 Å². The normalized spacial score (nSPS) is 48.4. The van der Waals surface area contributed by atoms with Gasteiger partial charge in [0.05, 0.1) is 17.8 Å². The molecule has 1 spiro atoms. The molecule has 4 aliphatic rings. The van der Waals surface area contributed by atoms with E-state index in [0.717, 1.165) is 0 Å². The quantitative estimate of drug-likeness (QED) is 0.425. The van der Waals surface area contributed by atoms with E-state index in [1.54, 1.807) is 26.8 Å². The summed E-state index contributed by atoms with van der Waals surface area (Å²) in [5, 5.41) is 21.8. The molecule has 7 nitrogen and oxygen atoms in total. The summed E-state index contributed by atoms with van der Waals surface area (Å²) in [5.74, 6) is -3.29. The Hall–Kier alpha value is -1.70. The zero-order valence-electron chi connectivity index (χ0n) is 16.2. The number of esters is 2. The fourth-order valence-corrected chi connectivity index (χ4v) is 5.32. The largest absolute Gasteiger partial charge is 0.453 e. The first-order valence-electron chi connectivity index (χ1n) is 9.38. The van der Waals surface area contributed by atoms with E-state index in [4.69, 9.17) is 14.2 Å². The second-order valence-electron chi connectivity index (χ2n) is 8.52. The monoisotopic (exact) mass is 378 g/mol. The summed E-state index contributed by atoms with van der Waals surface area (Å²) in [5.41, 5.74) is -0.691. The van der Waals surface area contributed by atoms with E-state index in [-0.39, 0.29) is 29.6 Å². The number of ether oxygens (including phenoxy) is 3. The molecule has 2 heterocycles. The van der Waals surface area contributed by atoms with Crippen LogP contribution in [0.3, 0.4) is 0 Å². The molecule has 4 rings (SSSR count). The molecule has 0 aromatic carbocycles. The molecule has 7 heteroatoms. The molecular formula is C20H26O7. The number of carbonyl (C=O) groups excluding carboxylic acids is 2. The van der Waals surface area contributed by atoms with E-state index in [1.165, 1.54) is 0 Å². The molecule has 2 N–H and O–H groups in total. The van der Waals surface area contributed by atoms with Crippen LogP contribution in [0.4, 0.5) is 0 Å². The third-order valence-electron chi connectivity index (χ3n) is 7.39. The minimum absolute atomic E-state index is 0.0767. The number of fused-ring (bicyclic) bond motifs is 1. The van der Waals surface area contributed by atoms with E-state index in [0.29, 0.717) is 12.0 Å². The van der Waals surface area contributed by atoms with Crippen LogP contribution in [0.5, 0.6) is 0 Å². The van der Waals surface area contributed by atoms with Crippen LogP contribution in [-0.4, -0.2) is 51.9 Å². The van der Waals surface area contributed by atoms with Crippen LogP contribution < -0.4 is 0 Å². The number of epoxide rings is 1. The maximum absolute atomic E-state index is 12.6. The molecule has 1 saturated heterocycles. The topological polar surface area (TPSA) is 106 Å². The van der Waals surface area contributed by atoms with Crippen LogP contribution in [0, 0.1) is 11.3 Å². The van der Waals surface area contributed by atoms with Crippen molar-refractivity contribution in [2.45, 2.75) is 77.2 Å². The predicted molar refractivity (Wildman–Crippen MR) is 93.2 cm³/mol. The van der Waals surface area contributed by atoms with Crippen molar-refractivity contribution in [1.29, 1.82) is 0 Å². The summed E-state index contributed by atoms with van der Waals surface area (Å²) in [6.07, 6.45) is 0.302. The fourth-order valence-electron chi connectivity index (χ4n) is 5.32. The Bertz CT molecular complexity index is 798. The van der Waals surface area contributed by atoms with Gasteiger partial charge in [-0.15, -0.1) is 0 Å². The molecule has 2 aliphatic heterocycles. The third-order valence-corrected chi connectivity index (χ3v) is 7.39. The van der Waals surface area contributed by atoms with Gasteiger partial charge in [0.25, 0.3) is 0 Å². The van der Waals surface area contributed by atoms with Crippen molar-refractivity contribution in [3.05, 3.63) is 22.8 Å². The number of rotatable bonds is 2. The molecule has 0 unspecified atom stereocenters. The standard InChI is InChI=1S/C20H26O7/c1-6-9(2)16(22)25-15-14-10(3)17(23)27-20(14,24)8-19-13(26-19)7-12(21)11(4)18(15,19)5/h6,11-13,15,21,24H,7-8H2,1-5H3/b9-6-/t11-,12-,13+,15+,18-,19+,20+/m0/s1. The van der Waals surface area contributed by atoms with Crippen LogP contribution >= 0.6 is 0 Å². The van der Waals surface area contributed by atoms with Gasteiger partial charge < -0.3 is 24.4 Å². The summed E-state index contributed by atoms with van der Waals surface area (Å²) in [7, 11) is 0. The second kappa shape index (κ2) is 5.43. The van der Waals surface area contributed by atoms with Gasteiger partial charge in [0, 0.05) is 29.4 Å². The Kier molecular flexibility index (Phi) is 3.75.